The maximum absolute atomic E-state index is 6.41. The lowest BCUT2D eigenvalue weighted by molar-refractivity contribution is 0.660. The maximum atomic E-state index is 6.41. The SMILES string of the molecule is CC1(C)c2ccccc2-c2ccc(N(c3ccc4oc5ccccc5c4c3)c3ccc4c(c3)c3c(C5(c6ccccc6)c6ccccc6-c6ccccc65)cccc3n4-c3ccccc3)cc21. The molecule has 0 unspecified atom stereocenters. The number of anilines is 3. The highest BCUT2D eigenvalue weighted by Gasteiger charge is 2.47. The van der Waals surface area contributed by atoms with Crippen LogP contribution in [0.4, 0.5) is 17.1 Å². The summed E-state index contributed by atoms with van der Waals surface area (Å²) in [7, 11) is 0. The van der Waals surface area contributed by atoms with Crippen LogP contribution in [0.1, 0.15) is 47.2 Å². The van der Waals surface area contributed by atoms with Crippen LogP contribution in [-0.2, 0) is 10.8 Å². The molecule has 3 heteroatoms. The quantitative estimate of drug-likeness (QED) is 0.166. The molecule has 0 radical (unpaired) electrons. The molecule has 14 rings (SSSR count). The molecular weight excluding hydrogens is 813 g/mol. The molecule has 67 heavy (non-hydrogen) atoms. The Bertz CT molecular complexity index is 3920. The van der Waals surface area contributed by atoms with Gasteiger partial charge in [0.25, 0.3) is 0 Å². The fraction of sp³-hybridized carbons (Fsp3) is 0.0625. The van der Waals surface area contributed by atoms with Crippen molar-refractivity contribution in [2.45, 2.75) is 24.7 Å². The zero-order valence-electron chi connectivity index (χ0n) is 37.2. The first-order chi connectivity index (χ1) is 33.0. The number of hydrogen-bond acceptors (Lipinski definition) is 2. The minimum atomic E-state index is -0.590. The van der Waals surface area contributed by atoms with Crippen LogP contribution >= 0.6 is 0 Å². The third-order valence-corrected chi connectivity index (χ3v) is 15.1. The average molecular weight is 857 g/mol. The van der Waals surface area contributed by atoms with Crippen molar-refractivity contribution in [1.29, 1.82) is 0 Å². The number of hydrogen-bond donors (Lipinski definition) is 0. The van der Waals surface area contributed by atoms with E-state index in [0.29, 0.717) is 0 Å². The molecule has 0 spiro atoms. The topological polar surface area (TPSA) is 21.3 Å². The Morgan fingerprint density at radius 1 is 0.373 bits per heavy atom. The summed E-state index contributed by atoms with van der Waals surface area (Å²) in [5, 5.41) is 4.64. The normalized spacial score (nSPS) is 14.1. The summed E-state index contributed by atoms with van der Waals surface area (Å²) >= 11 is 0. The molecule has 2 heterocycles. The van der Waals surface area contributed by atoms with Gasteiger partial charge in [-0.3, -0.25) is 0 Å². The van der Waals surface area contributed by atoms with Gasteiger partial charge in [-0.25, -0.2) is 0 Å². The third kappa shape index (κ3) is 5.23. The van der Waals surface area contributed by atoms with E-state index < -0.39 is 5.41 Å². The Kier molecular flexibility index (Phi) is 7.95. The van der Waals surface area contributed by atoms with Crippen molar-refractivity contribution in [3.8, 4) is 27.9 Å². The van der Waals surface area contributed by atoms with E-state index in [2.05, 4.69) is 248 Å². The molecule has 316 valence electrons. The van der Waals surface area contributed by atoms with Crippen LogP contribution in [0.25, 0.3) is 71.7 Å². The zero-order chi connectivity index (χ0) is 44.4. The first kappa shape index (κ1) is 37.9. The summed E-state index contributed by atoms with van der Waals surface area (Å²) in [5.74, 6) is 0. The van der Waals surface area contributed by atoms with Crippen LogP contribution in [0, 0.1) is 0 Å². The van der Waals surface area contributed by atoms with Crippen LogP contribution in [0.2, 0.25) is 0 Å². The van der Waals surface area contributed by atoms with Crippen molar-refractivity contribution >= 4 is 60.8 Å². The fourth-order valence-electron chi connectivity index (χ4n) is 12.2. The monoisotopic (exact) mass is 856 g/mol. The van der Waals surface area contributed by atoms with E-state index in [0.717, 1.165) is 50.2 Å². The summed E-state index contributed by atoms with van der Waals surface area (Å²) in [5.41, 5.74) is 20.7. The van der Waals surface area contributed by atoms with Crippen LogP contribution < -0.4 is 4.90 Å². The lowest BCUT2D eigenvalue weighted by Gasteiger charge is -2.34. The van der Waals surface area contributed by atoms with E-state index in [1.165, 1.54) is 71.9 Å². The van der Waals surface area contributed by atoms with Gasteiger partial charge >= 0.3 is 0 Å². The first-order valence-corrected chi connectivity index (χ1v) is 23.3. The smallest absolute Gasteiger partial charge is 0.135 e. The van der Waals surface area contributed by atoms with Gasteiger partial charge in [0.15, 0.2) is 0 Å². The standard InChI is InChI=1S/C64H44N2O/c1-63(2)53-26-13-9-22-46(53)49-35-32-45(40-57(49)63)65(44-34-37-61-51(38-44)50-25-12-16-31-60(50)67-61)43-33-36-58-52(39-43)62-56(29-17-30-59(62)66(58)42-20-7-4-8-21-42)64(41-18-5-3-6-19-41)54-27-14-10-23-47(54)48-24-11-15-28-55(48)64/h3-40H,1-2H3. The van der Waals surface area contributed by atoms with Gasteiger partial charge in [0.2, 0.25) is 0 Å². The van der Waals surface area contributed by atoms with Crippen molar-refractivity contribution in [3.63, 3.8) is 0 Å². The highest BCUT2D eigenvalue weighted by Crippen LogP contribution is 2.58. The number of nitrogens with zero attached hydrogens (tertiary/aromatic N) is 2. The predicted molar refractivity (Wildman–Crippen MR) is 278 cm³/mol. The fourth-order valence-corrected chi connectivity index (χ4v) is 12.2. The molecule has 3 nitrogen and oxygen atoms in total. The summed E-state index contributed by atoms with van der Waals surface area (Å²) in [6.07, 6.45) is 0. The highest BCUT2D eigenvalue weighted by atomic mass is 16.3. The average Bonchev–Trinajstić information content (AvgIpc) is 4.08. The van der Waals surface area contributed by atoms with E-state index in [1.54, 1.807) is 0 Å². The van der Waals surface area contributed by atoms with Gasteiger partial charge < -0.3 is 13.9 Å². The van der Waals surface area contributed by atoms with Gasteiger partial charge in [0.05, 0.1) is 16.4 Å². The summed E-state index contributed by atoms with van der Waals surface area (Å²) < 4.78 is 8.87. The van der Waals surface area contributed by atoms with Gasteiger partial charge in [0, 0.05) is 49.7 Å². The first-order valence-electron chi connectivity index (χ1n) is 23.3. The Morgan fingerprint density at radius 2 is 0.910 bits per heavy atom. The van der Waals surface area contributed by atoms with Crippen molar-refractivity contribution in [3.05, 3.63) is 264 Å². The minimum absolute atomic E-state index is 0.167. The van der Waals surface area contributed by atoms with Gasteiger partial charge in [-0.2, -0.15) is 0 Å². The van der Waals surface area contributed by atoms with E-state index in [1.807, 2.05) is 6.07 Å². The largest absolute Gasteiger partial charge is 0.456 e. The van der Waals surface area contributed by atoms with E-state index in [9.17, 15) is 0 Å². The molecule has 2 aliphatic carbocycles. The van der Waals surface area contributed by atoms with Crippen LogP contribution in [0.5, 0.6) is 0 Å². The van der Waals surface area contributed by atoms with Crippen molar-refractivity contribution < 1.29 is 4.42 Å². The van der Waals surface area contributed by atoms with Crippen molar-refractivity contribution in [2.75, 3.05) is 4.90 Å². The lowest BCUT2D eigenvalue weighted by atomic mass is 9.66. The molecular formula is C64H44N2O. The number of fused-ring (bicyclic) bond motifs is 12. The summed E-state index contributed by atoms with van der Waals surface area (Å²) in [4.78, 5) is 2.46. The molecule has 2 aliphatic rings. The Hall–Kier alpha value is -8.40. The van der Waals surface area contributed by atoms with E-state index in [-0.39, 0.29) is 5.41 Å². The second-order valence-corrected chi connectivity index (χ2v) is 18.8. The Balaban J connectivity index is 1.09. The van der Waals surface area contributed by atoms with Crippen LogP contribution in [-0.4, -0.2) is 4.57 Å². The zero-order valence-corrected chi connectivity index (χ0v) is 37.2. The minimum Gasteiger partial charge on any atom is -0.456 e. The Morgan fingerprint density at radius 3 is 1.66 bits per heavy atom. The molecule has 0 amide bonds. The predicted octanol–water partition coefficient (Wildman–Crippen LogP) is 16.8. The maximum Gasteiger partial charge on any atom is 0.135 e. The number of para-hydroxylation sites is 2. The second kappa shape index (κ2) is 14.1. The van der Waals surface area contributed by atoms with Crippen molar-refractivity contribution in [2.24, 2.45) is 0 Å². The highest BCUT2D eigenvalue weighted by molar-refractivity contribution is 6.14. The molecule has 12 aromatic rings. The molecule has 0 fully saturated rings. The molecule has 0 bridgehead atoms. The van der Waals surface area contributed by atoms with Crippen molar-refractivity contribution in [1.82, 2.24) is 4.57 Å². The van der Waals surface area contributed by atoms with Crippen LogP contribution in [0.3, 0.4) is 0 Å². The molecule has 0 saturated carbocycles. The third-order valence-electron chi connectivity index (χ3n) is 15.1. The van der Waals surface area contributed by atoms with Gasteiger partial charge in [-0.1, -0.05) is 172 Å². The lowest BCUT2D eigenvalue weighted by Crippen LogP contribution is -2.28. The number of furan rings is 1. The van der Waals surface area contributed by atoms with Gasteiger partial charge in [-0.05, 0) is 128 Å². The molecule has 0 atom stereocenters. The number of benzene rings is 10. The van der Waals surface area contributed by atoms with Crippen LogP contribution in [0.15, 0.2) is 235 Å². The second-order valence-electron chi connectivity index (χ2n) is 18.8. The molecule has 0 N–H and O–H groups in total. The molecule has 0 aliphatic heterocycles. The number of rotatable bonds is 6. The summed E-state index contributed by atoms with van der Waals surface area (Å²) in [6.45, 7) is 4.73. The summed E-state index contributed by atoms with van der Waals surface area (Å²) in [6, 6.07) is 85.3. The molecule has 2 aromatic heterocycles. The molecule has 10 aromatic carbocycles. The van der Waals surface area contributed by atoms with Gasteiger partial charge in [0.1, 0.15) is 11.2 Å². The Labute approximate surface area is 389 Å². The molecule has 0 saturated heterocycles. The van der Waals surface area contributed by atoms with Gasteiger partial charge in [-0.15, -0.1) is 0 Å². The number of aromatic nitrogens is 1. The van der Waals surface area contributed by atoms with E-state index >= 15 is 0 Å². The van der Waals surface area contributed by atoms with E-state index in [4.69, 9.17) is 4.42 Å².